The van der Waals surface area contributed by atoms with Crippen molar-refractivity contribution < 1.29 is 9.53 Å². The van der Waals surface area contributed by atoms with Gasteiger partial charge in [0.15, 0.2) is 0 Å². The summed E-state index contributed by atoms with van der Waals surface area (Å²) in [5.41, 5.74) is 1.06. The number of rotatable bonds is 9. The third kappa shape index (κ3) is 6.71. The molecule has 1 aromatic carbocycles. The first kappa shape index (κ1) is 16.7. The van der Waals surface area contributed by atoms with E-state index in [1.54, 1.807) is 0 Å². The number of nitrogens with zero attached hydrogens (tertiary/aromatic N) is 1. The number of ether oxygens (including phenoxy) is 1. The minimum absolute atomic E-state index is 0.0863. The van der Waals surface area contributed by atoms with Gasteiger partial charge in [-0.05, 0) is 26.1 Å². The Balaban J connectivity index is 2.50. The molecule has 0 aliphatic rings. The summed E-state index contributed by atoms with van der Waals surface area (Å²) in [6.45, 7) is 2.88. The Bertz CT molecular complexity index is 376. The highest BCUT2D eigenvalue weighted by atomic mass is 16.5. The molecular weight excluding hydrogens is 250 g/mol. The zero-order chi connectivity index (χ0) is 14.8. The van der Waals surface area contributed by atoms with E-state index in [9.17, 15) is 4.79 Å². The lowest BCUT2D eigenvalue weighted by Crippen LogP contribution is -2.24. The lowest BCUT2D eigenvalue weighted by atomic mass is 10.1. The van der Waals surface area contributed by atoms with Crippen molar-refractivity contribution >= 4 is 5.97 Å². The first-order valence-electron chi connectivity index (χ1n) is 7.52. The van der Waals surface area contributed by atoms with Crippen molar-refractivity contribution in [3.63, 3.8) is 0 Å². The minimum Gasteiger partial charge on any atom is -0.456 e. The Morgan fingerprint density at radius 1 is 1.15 bits per heavy atom. The van der Waals surface area contributed by atoms with Crippen LogP contribution in [0, 0.1) is 0 Å². The highest BCUT2D eigenvalue weighted by molar-refractivity contribution is 5.69. The third-order valence-corrected chi connectivity index (χ3v) is 3.21. The van der Waals surface area contributed by atoms with Gasteiger partial charge in [0, 0.05) is 13.0 Å². The average molecular weight is 277 g/mol. The van der Waals surface area contributed by atoms with E-state index in [1.165, 1.54) is 12.8 Å². The van der Waals surface area contributed by atoms with E-state index >= 15 is 0 Å². The number of unbranched alkanes of at least 4 members (excludes halogenated alkanes) is 3. The minimum atomic E-state index is -0.176. The number of benzene rings is 1. The maximum Gasteiger partial charge on any atom is 0.306 e. The first-order valence-corrected chi connectivity index (χ1v) is 7.52. The summed E-state index contributed by atoms with van der Waals surface area (Å²) < 4.78 is 5.65. The maximum absolute atomic E-state index is 11.9. The smallest absolute Gasteiger partial charge is 0.306 e. The van der Waals surface area contributed by atoms with E-state index in [4.69, 9.17) is 4.74 Å². The predicted octanol–water partition coefficient (Wildman–Crippen LogP) is 3.80. The van der Waals surface area contributed by atoms with E-state index in [-0.39, 0.29) is 12.1 Å². The standard InChI is InChI=1S/C17H27NO2/c1-4-5-6-10-13-17(19)20-16(14-18(2)3)15-11-8-7-9-12-15/h7-9,11-12,16H,4-6,10,13-14H2,1-3H3. The van der Waals surface area contributed by atoms with Crippen LogP contribution in [-0.2, 0) is 9.53 Å². The highest BCUT2D eigenvalue weighted by Crippen LogP contribution is 2.19. The Morgan fingerprint density at radius 3 is 2.45 bits per heavy atom. The van der Waals surface area contributed by atoms with E-state index in [1.807, 2.05) is 49.3 Å². The quantitative estimate of drug-likeness (QED) is 0.508. The normalized spacial score (nSPS) is 12.4. The molecule has 112 valence electrons. The lowest BCUT2D eigenvalue weighted by molar-refractivity contribution is -0.150. The zero-order valence-electron chi connectivity index (χ0n) is 13.0. The molecule has 0 heterocycles. The van der Waals surface area contributed by atoms with Crippen LogP contribution < -0.4 is 0 Å². The van der Waals surface area contributed by atoms with Crippen LogP contribution in [0.15, 0.2) is 30.3 Å². The molecule has 0 bridgehead atoms. The molecule has 0 radical (unpaired) electrons. The van der Waals surface area contributed by atoms with Gasteiger partial charge in [0.05, 0.1) is 0 Å². The summed E-state index contributed by atoms with van der Waals surface area (Å²) in [4.78, 5) is 14.0. The molecule has 20 heavy (non-hydrogen) atoms. The van der Waals surface area contributed by atoms with Crippen LogP contribution in [0.5, 0.6) is 0 Å². The molecule has 1 aromatic rings. The fraction of sp³-hybridized carbons (Fsp3) is 0.588. The van der Waals surface area contributed by atoms with E-state index in [0.717, 1.165) is 18.4 Å². The Kier molecular flexibility index (Phi) is 7.97. The molecule has 1 rings (SSSR count). The van der Waals surface area contributed by atoms with E-state index < -0.39 is 0 Å². The van der Waals surface area contributed by atoms with E-state index in [2.05, 4.69) is 6.92 Å². The van der Waals surface area contributed by atoms with Crippen molar-refractivity contribution in [2.24, 2.45) is 0 Å². The summed E-state index contributed by atoms with van der Waals surface area (Å²) in [6.07, 6.45) is 4.75. The van der Waals surface area contributed by atoms with Gasteiger partial charge in [0.2, 0.25) is 0 Å². The zero-order valence-corrected chi connectivity index (χ0v) is 13.0. The Labute approximate surface area is 122 Å². The molecule has 0 aliphatic carbocycles. The van der Waals surface area contributed by atoms with Crippen LogP contribution in [0.2, 0.25) is 0 Å². The molecule has 0 aromatic heterocycles. The van der Waals surface area contributed by atoms with Crippen LogP contribution in [0.3, 0.4) is 0 Å². The van der Waals surface area contributed by atoms with Crippen molar-refractivity contribution in [3.05, 3.63) is 35.9 Å². The summed E-state index contributed by atoms with van der Waals surface area (Å²) in [5, 5.41) is 0. The van der Waals surface area contributed by atoms with Gasteiger partial charge in [-0.3, -0.25) is 4.79 Å². The van der Waals surface area contributed by atoms with Crippen molar-refractivity contribution in [2.75, 3.05) is 20.6 Å². The molecule has 0 N–H and O–H groups in total. The SMILES string of the molecule is CCCCCCC(=O)OC(CN(C)C)c1ccccc1. The first-order chi connectivity index (χ1) is 9.63. The second-order valence-electron chi connectivity index (χ2n) is 5.46. The third-order valence-electron chi connectivity index (χ3n) is 3.21. The highest BCUT2D eigenvalue weighted by Gasteiger charge is 2.17. The fourth-order valence-corrected chi connectivity index (χ4v) is 2.12. The van der Waals surface area contributed by atoms with Gasteiger partial charge in [-0.1, -0.05) is 56.5 Å². The van der Waals surface area contributed by atoms with Gasteiger partial charge in [-0.25, -0.2) is 0 Å². The summed E-state index contributed by atoms with van der Waals surface area (Å²) in [5.74, 6) is -0.0863. The summed E-state index contributed by atoms with van der Waals surface area (Å²) >= 11 is 0. The van der Waals surface area contributed by atoms with Crippen molar-refractivity contribution in [3.8, 4) is 0 Å². The van der Waals surface area contributed by atoms with Gasteiger partial charge in [-0.15, -0.1) is 0 Å². The molecule has 0 aliphatic heterocycles. The molecule has 0 fully saturated rings. The molecule has 0 amide bonds. The van der Waals surface area contributed by atoms with Crippen LogP contribution in [0.4, 0.5) is 0 Å². The Morgan fingerprint density at radius 2 is 1.85 bits per heavy atom. The van der Waals surface area contributed by atoms with Crippen molar-refractivity contribution in [2.45, 2.75) is 45.1 Å². The van der Waals surface area contributed by atoms with Crippen molar-refractivity contribution in [1.82, 2.24) is 4.90 Å². The fourth-order valence-electron chi connectivity index (χ4n) is 2.12. The number of likely N-dealkylation sites (N-methyl/N-ethyl adjacent to an activating group) is 1. The lowest BCUT2D eigenvalue weighted by Gasteiger charge is -2.22. The summed E-state index contributed by atoms with van der Waals surface area (Å²) in [7, 11) is 3.98. The molecule has 1 unspecified atom stereocenters. The molecule has 0 saturated heterocycles. The van der Waals surface area contributed by atoms with Crippen LogP contribution >= 0.6 is 0 Å². The number of carbonyl (C=O) groups is 1. The molecule has 3 heteroatoms. The number of hydrogen-bond donors (Lipinski definition) is 0. The predicted molar refractivity (Wildman–Crippen MR) is 82.6 cm³/mol. The number of hydrogen-bond acceptors (Lipinski definition) is 3. The van der Waals surface area contributed by atoms with Crippen LogP contribution in [0.25, 0.3) is 0 Å². The van der Waals surface area contributed by atoms with Crippen molar-refractivity contribution in [1.29, 1.82) is 0 Å². The summed E-state index contributed by atoms with van der Waals surface area (Å²) in [6, 6.07) is 9.96. The van der Waals surface area contributed by atoms with E-state index in [0.29, 0.717) is 13.0 Å². The van der Waals surface area contributed by atoms with Gasteiger partial charge in [0.25, 0.3) is 0 Å². The largest absolute Gasteiger partial charge is 0.456 e. The van der Waals surface area contributed by atoms with Gasteiger partial charge in [0.1, 0.15) is 6.10 Å². The van der Waals surface area contributed by atoms with Gasteiger partial charge >= 0.3 is 5.97 Å². The number of esters is 1. The average Bonchev–Trinajstić information content (AvgIpc) is 2.43. The molecule has 3 nitrogen and oxygen atoms in total. The van der Waals surface area contributed by atoms with Crippen LogP contribution in [-0.4, -0.2) is 31.5 Å². The molecule has 0 spiro atoms. The molecule has 1 atom stereocenters. The second kappa shape index (κ2) is 9.54. The maximum atomic E-state index is 11.9. The second-order valence-corrected chi connectivity index (χ2v) is 5.46. The van der Waals surface area contributed by atoms with Crippen LogP contribution in [0.1, 0.15) is 50.7 Å². The number of carbonyl (C=O) groups excluding carboxylic acids is 1. The Hall–Kier alpha value is -1.35. The van der Waals surface area contributed by atoms with Gasteiger partial charge in [-0.2, -0.15) is 0 Å². The molecular formula is C17H27NO2. The molecule has 0 saturated carbocycles. The van der Waals surface area contributed by atoms with Gasteiger partial charge < -0.3 is 9.64 Å². The monoisotopic (exact) mass is 277 g/mol. The topological polar surface area (TPSA) is 29.5 Å².